The standard InChI is InChI=1S/C12H13N3O5/c1-3-11-13-14-12(20-11)7-19-8-4-5-10(18-2)9(6-8)15(16)17/h4-6H,3,7H2,1-2H3. The summed E-state index contributed by atoms with van der Waals surface area (Å²) in [5.74, 6) is 1.34. The van der Waals surface area contributed by atoms with E-state index in [1.807, 2.05) is 6.92 Å². The lowest BCUT2D eigenvalue weighted by Gasteiger charge is -2.05. The summed E-state index contributed by atoms with van der Waals surface area (Å²) < 4.78 is 15.6. The van der Waals surface area contributed by atoms with Crippen LogP contribution in [0.2, 0.25) is 0 Å². The van der Waals surface area contributed by atoms with Crippen LogP contribution < -0.4 is 9.47 Å². The third-order valence-corrected chi connectivity index (χ3v) is 2.52. The molecule has 106 valence electrons. The van der Waals surface area contributed by atoms with Crippen molar-refractivity contribution in [3.8, 4) is 11.5 Å². The van der Waals surface area contributed by atoms with Crippen molar-refractivity contribution >= 4 is 5.69 Å². The Morgan fingerprint density at radius 1 is 1.35 bits per heavy atom. The molecule has 1 aromatic carbocycles. The Balaban J connectivity index is 2.09. The monoisotopic (exact) mass is 279 g/mol. The molecule has 2 aromatic rings. The molecule has 0 spiro atoms. The first-order chi connectivity index (χ1) is 9.63. The molecule has 1 aromatic heterocycles. The molecule has 20 heavy (non-hydrogen) atoms. The van der Waals surface area contributed by atoms with E-state index >= 15 is 0 Å². The van der Waals surface area contributed by atoms with Gasteiger partial charge in [0.25, 0.3) is 5.89 Å². The Kier molecular flexibility index (Phi) is 4.14. The molecule has 0 amide bonds. The molecule has 2 rings (SSSR count). The fourth-order valence-corrected chi connectivity index (χ4v) is 1.54. The van der Waals surface area contributed by atoms with Crippen molar-refractivity contribution in [3.05, 3.63) is 40.1 Å². The zero-order valence-electron chi connectivity index (χ0n) is 11.0. The van der Waals surface area contributed by atoms with Gasteiger partial charge in [-0.2, -0.15) is 0 Å². The van der Waals surface area contributed by atoms with Gasteiger partial charge in [-0.25, -0.2) is 0 Å². The van der Waals surface area contributed by atoms with E-state index < -0.39 is 4.92 Å². The second-order valence-corrected chi connectivity index (χ2v) is 3.82. The molecule has 1 heterocycles. The summed E-state index contributed by atoms with van der Waals surface area (Å²) in [6.07, 6.45) is 0.640. The molecule has 0 saturated carbocycles. The van der Waals surface area contributed by atoms with Crippen molar-refractivity contribution in [2.24, 2.45) is 0 Å². The number of nitrogens with zero attached hydrogens (tertiary/aromatic N) is 3. The Morgan fingerprint density at radius 3 is 2.70 bits per heavy atom. The molecule has 0 fully saturated rings. The Bertz CT molecular complexity index is 611. The van der Waals surface area contributed by atoms with Gasteiger partial charge in [-0.05, 0) is 12.1 Å². The summed E-state index contributed by atoms with van der Waals surface area (Å²) in [5, 5.41) is 18.5. The van der Waals surface area contributed by atoms with Gasteiger partial charge in [0.2, 0.25) is 5.89 Å². The van der Waals surface area contributed by atoms with Gasteiger partial charge >= 0.3 is 5.69 Å². The van der Waals surface area contributed by atoms with Crippen LogP contribution in [0, 0.1) is 10.1 Å². The normalized spacial score (nSPS) is 10.3. The first kappa shape index (κ1) is 13.8. The fourth-order valence-electron chi connectivity index (χ4n) is 1.54. The van der Waals surface area contributed by atoms with Crippen molar-refractivity contribution in [2.45, 2.75) is 20.0 Å². The van der Waals surface area contributed by atoms with E-state index in [1.54, 1.807) is 6.07 Å². The molecule has 0 saturated heterocycles. The molecule has 0 aliphatic heterocycles. The van der Waals surface area contributed by atoms with Gasteiger partial charge in [0.15, 0.2) is 12.4 Å². The van der Waals surface area contributed by atoms with Crippen LogP contribution in [-0.4, -0.2) is 22.2 Å². The molecule has 0 radical (unpaired) electrons. The summed E-state index contributed by atoms with van der Waals surface area (Å²) in [7, 11) is 1.37. The fraction of sp³-hybridized carbons (Fsp3) is 0.333. The van der Waals surface area contributed by atoms with Crippen LogP contribution in [0.1, 0.15) is 18.7 Å². The highest BCUT2D eigenvalue weighted by atomic mass is 16.6. The molecule has 0 atom stereocenters. The first-order valence-corrected chi connectivity index (χ1v) is 5.90. The summed E-state index contributed by atoms with van der Waals surface area (Å²) >= 11 is 0. The van der Waals surface area contributed by atoms with E-state index in [0.29, 0.717) is 24.0 Å². The number of rotatable bonds is 6. The number of aryl methyl sites for hydroxylation is 1. The zero-order chi connectivity index (χ0) is 14.5. The van der Waals surface area contributed by atoms with E-state index in [1.165, 1.54) is 19.2 Å². The smallest absolute Gasteiger partial charge is 0.314 e. The van der Waals surface area contributed by atoms with Gasteiger partial charge in [0.1, 0.15) is 5.75 Å². The summed E-state index contributed by atoms with van der Waals surface area (Å²) in [6.45, 7) is 1.95. The highest BCUT2D eigenvalue weighted by molar-refractivity contribution is 5.50. The second kappa shape index (κ2) is 6.00. The van der Waals surface area contributed by atoms with Crippen molar-refractivity contribution in [1.29, 1.82) is 0 Å². The maximum Gasteiger partial charge on any atom is 0.314 e. The number of nitro benzene ring substituents is 1. The van der Waals surface area contributed by atoms with Crippen LogP contribution in [0.4, 0.5) is 5.69 Å². The molecule has 0 N–H and O–H groups in total. The predicted molar refractivity (Wildman–Crippen MR) is 67.7 cm³/mol. The van der Waals surface area contributed by atoms with Crippen LogP contribution in [-0.2, 0) is 13.0 Å². The SMILES string of the molecule is CCc1nnc(COc2ccc(OC)c([N+](=O)[O-])c2)o1. The van der Waals surface area contributed by atoms with Crippen molar-refractivity contribution in [1.82, 2.24) is 10.2 Å². The van der Waals surface area contributed by atoms with E-state index in [-0.39, 0.29) is 18.0 Å². The van der Waals surface area contributed by atoms with Crippen LogP contribution >= 0.6 is 0 Å². The van der Waals surface area contributed by atoms with Crippen molar-refractivity contribution in [3.63, 3.8) is 0 Å². The molecule has 0 aliphatic rings. The van der Waals surface area contributed by atoms with Crippen molar-refractivity contribution < 1.29 is 18.8 Å². The van der Waals surface area contributed by atoms with Crippen molar-refractivity contribution in [2.75, 3.05) is 7.11 Å². The van der Waals surface area contributed by atoms with Crippen LogP contribution in [0.3, 0.4) is 0 Å². The highest BCUT2D eigenvalue weighted by Crippen LogP contribution is 2.30. The number of aromatic nitrogens is 2. The number of methoxy groups -OCH3 is 1. The number of nitro groups is 1. The van der Waals surface area contributed by atoms with E-state index in [9.17, 15) is 10.1 Å². The molecular formula is C12H13N3O5. The predicted octanol–water partition coefficient (Wildman–Crippen LogP) is 2.13. The number of hydrogen-bond acceptors (Lipinski definition) is 7. The van der Waals surface area contributed by atoms with E-state index in [4.69, 9.17) is 13.9 Å². The first-order valence-electron chi connectivity index (χ1n) is 5.90. The Hall–Kier alpha value is -2.64. The maximum absolute atomic E-state index is 10.9. The lowest BCUT2D eigenvalue weighted by molar-refractivity contribution is -0.385. The molecule has 0 bridgehead atoms. The topological polar surface area (TPSA) is 101 Å². The third-order valence-electron chi connectivity index (χ3n) is 2.52. The third kappa shape index (κ3) is 3.02. The highest BCUT2D eigenvalue weighted by Gasteiger charge is 2.16. The molecule has 0 aliphatic carbocycles. The molecule has 8 nitrogen and oxygen atoms in total. The van der Waals surface area contributed by atoms with Gasteiger partial charge in [0.05, 0.1) is 18.1 Å². The van der Waals surface area contributed by atoms with E-state index in [2.05, 4.69) is 10.2 Å². The lowest BCUT2D eigenvalue weighted by Crippen LogP contribution is -1.98. The zero-order valence-corrected chi connectivity index (χ0v) is 11.0. The van der Waals surface area contributed by atoms with Gasteiger partial charge < -0.3 is 13.9 Å². The molecule has 8 heteroatoms. The number of benzene rings is 1. The summed E-state index contributed by atoms with van der Waals surface area (Å²) in [6, 6.07) is 4.33. The minimum absolute atomic E-state index is 0.0521. The maximum atomic E-state index is 10.9. The number of hydrogen-bond donors (Lipinski definition) is 0. The van der Waals surface area contributed by atoms with Gasteiger partial charge in [-0.15, -0.1) is 10.2 Å². The summed E-state index contributed by atoms with van der Waals surface area (Å²) in [5.41, 5.74) is -0.162. The Morgan fingerprint density at radius 2 is 2.10 bits per heavy atom. The molecular weight excluding hydrogens is 266 g/mol. The average molecular weight is 279 g/mol. The van der Waals surface area contributed by atoms with Crippen LogP contribution in [0.15, 0.2) is 22.6 Å². The van der Waals surface area contributed by atoms with Gasteiger partial charge in [-0.1, -0.05) is 6.92 Å². The van der Waals surface area contributed by atoms with Gasteiger partial charge in [0, 0.05) is 6.42 Å². The quantitative estimate of drug-likeness (QED) is 0.589. The largest absolute Gasteiger partial charge is 0.490 e. The summed E-state index contributed by atoms with van der Waals surface area (Å²) in [4.78, 5) is 10.3. The van der Waals surface area contributed by atoms with E-state index in [0.717, 1.165) is 0 Å². The minimum atomic E-state index is -0.534. The average Bonchev–Trinajstić information content (AvgIpc) is 2.92. The number of ether oxygens (including phenoxy) is 2. The van der Waals surface area contributed by atoms with Gasteiger partial charge in [-0.3, -0.25) is 10.1 Å². The lowest BCUT2D eigenvalue weighted by atomic mass is 10.3. The second-order valence-electron chi connectivity index (χ2n) is 3.82. The van der Waals surface area contributed by atoms with Crippen LogP contribution in [0.5, 0.6) is 11.5 Å². The minimum Gasteiger partial charge on any atom is -0.490 e. The van der Waals surface area contributed by atoms with Crippen LogP contribution in [0.25, 0.3) is 0 Å². The Labute approximate surface area is 114 Å². The molecule has 0 unspecified atom stereocenters.